The van der Waals surface area contributed by atoms with E-state index in [1.807, 2.05) is 13.0 Å². The van der Waals surface area contributed by atoms with Crippen LogP contribution in [0.15, 0.2) is 54.1 Å². The monoisotopic (exact) mass is 742 g/mol. The molecule has 0 aromatic heterocycles. The molecule has 52 heavy (non-hydrogen) atoms. The van der Waals surface area contributed by atoms with Gasteiger partial charge in [-0.15, -0.1) is 0 Å². The minimum Gasteiger partial charge on any atom is -0.495 e. The quantitative estimate of drug-likeness (QED) is 0.197. The molecule has 3 amide bonds. The van der Waals surface area contributed by atoms with Crippen molar-refractivity contribution < 1.29 is 48.1 Å². The van der Waals surface area contributed by atoms with Crippen LogP contribution in [0, 0.1) is 23.0 Å². The van der Waals surface area contributed by atoms with E-state index in [0.717, 1.165) is 11.1 Å². The number of nitro groups is 1. The molecule has 0 saturated carbocycles. The summed E-state index contributed by atoms with van der Waals surface area (Å²) in [6.07, 6.45) is -0.401. The Morgan fingerprint density at radius 3 is 2.62 bits per heavy atom. The van der Waals surface area contributed by atoms with E-state index in [1.165, 1.54) is 37.3 Å². The van der Waals surface area contributed by atoms with Crippen LogP contribution in [0.3, 0.4) is 0 Å². The summed E-state index contributed by atoms with van der Waals surface area (Å²) in [4.78, 5) is 52.5. The van der Waals surface area contributed by atoms with Crippen molar-refractivity contribution in [2.45, 2.75) is 82.7 Å². The predicted octanol–water partition coefficient (Wildman–Crippen LogP) is 5.59. The highest BCUT2D eigenvalue weighted by Gasteiger charge is 2.64. The fourth-order valence-corrected chi connectivity index (χ4v) is 7.05. The number of aliphatic hydroxyl groups is 1. The molecule has 15 nitrogen and oxygen atoms in total. The molecular formula is C36H43ClN4O11. The number of carbonyl (C=O) groups excluding carboxylic acids is 3. The van der Waals surface area contributed by atoms with Gasteiger partial charge in [0.15, 0.2) is 5.72 Å². The van der Waals surface area contributed by atoms with E-state index in [1.54, 1.807) is 52.1 Å². The number of hydrogen-bond donors (Lipinski definition) is 3. The van der Waals surface area contributed by atoms with Gasteiger partial charge in [-0.2, -0.15) is 0 Å². The Labute approximate surface area is 306 Å². The molecule has 3 aliphatic rings. The molecule has 0 aliphatic carbocycles. The fraction of sp³-hybridized carbons (Fsp3) is 0.472. The number of aryl methyl sites for hydroxylation is 1. The van der Waals surface area contributed by atoms with Crippen LogP contribution in [-0.4, -0.2) is 85.1 Å². The summed E-state index contributed by atoms with van der Waals surface area (Å²) >= 11 is 6.72. The molecule has 0 spiro atoms. The number of halogens is 1. The standard InChI is InChI=1S/C36H43ClN4O11/c1-19-9-8-10-28(49-7)36(45)18-27(50-34(44)39-36)21(3)32-35(4,52-32)29(51-33(43)38-24-16-23(41(46)47)12-11-20(24)2)17-30(42)40(5)25-14-22(13-19)15-26(48-6)31(25)37/h8-12,14-16,21,27-29,32,45H,13,17-18H2,1-7H3,(H,38,43)(H,39,44)/b10-8+,19-9+/t21-,27+,28-,29+,32+,35+,36+/m1/s1. The largest absolute Gasteiger partial charge is 0.495 e. The maximum atomic E-state index is 14.1. The van der Waals surface area contributed by atoms with Crippen molar-refractivity contribution in [2.75, 3.05) is 31.5 Å². The SMILES string of the molecule is COc1cc2cc(c1Cl)N(C)C(=O)C[C@H](OC(=O)Nc1cc([N+](=O)[O-])ccc1C)[C@]1(C)O[C@H]1[C@H](C)[C@@H]1C[C@@](O)(NC(=O)O1)[C@H](OC)/C=C/C=C(\C)C2. The van der Waals surface area contributed by atoms with E-state index in [9.17, 15) is 29.6 Å². The molecule has 2 saturated heterocycles. The number of non-ortho nitro benzene ring substituents is 1. The van der Waals surface area contributed by atoms with Gasteiger partial charge in [-0.05, 0) is 50.5 Å². The Hall–Kier alpha value is -4.70. The van der Waals surface area contributed by atoms with Gasteiger partial charge >= 0.3 is 12.2 Å². The van der Waals surface area contributed by atoms with Gasteiger partial charge in [0, 0.05) is 38.6 Å². The van der Waals surface area contributed by atoms with E-state index in [4.69, 9.17) is 35.3 Å². The van der Waals surface area contributed by atoms with Gasteiger partial charge in [0.25, 0.3) is 5.69 Å². The van der Waals surface area contributed by atoms with Crippen LogP contribution in [0.2, 0.25) is 5.02 Å². The third-order valence-corrected chi connectivity index (χ3v) is 10.2. The second-order valence-corrected chi connectivity index (χ2v) is 14.0. The Morgan fingerprint density at radius 1 is 1.21 bits per heavy atom. The minimum absolute atomic E-state index is 0.0781. The van der Waals surface area contributed by atoms with Crippen molar-refractivity contribution in [3.05, 3.63) is 80.4 Å². The van der Waals surface area contributed by atoms with Crippen LogP contribution in [0.5, 0.6) is 5.75 Å². The lowest BCUT2D eigenvalue weighted by Gasteiger charge is -2.42. The zero-order chi connectivity index (χ0) is 38.1. The van der Waals surface area contributed by atoms with Crippen LogP contribution < -0.4 is 20.3 Å². The van der Waals surface area contributed by atoms with Crippen molar-refractivity contribution in [1.29, 1.82) is 0 Å². The number of nitrogens with zero attached hydrogens (tertiary/aromatic N) is 2. The number of fused-ring (bicyclic) bond motifs is 5. The summed E-state index contributed by atoms with van der Waals surface area (Å²) < 4.78 is 28.9. The number of amides is 3. The lowest BCUT2D eigenvalue weighted by molar-refractivity contribution is -0.384. The van der Waals surface area contributed by atoms with E-state index >= 15 is 0 Å². The molecule has 3 N–H and O–H groups in total. The third-order valence-electron chi connectivity index (χ3n) is 9.87. The van der Waals surface area contributed by atoms with Crippen LogP contribution in [0.25, 0.3) is 0 Å². The average molecular weight is 743 g/mol. The number of benzene rings is 2. The zero-order valence-electron chi connectivity index (χ0n) is 29.9. The molecule has 4 bridgehead atoms. The number of anilines is 2. The number of carbonyl (C=O) groups is 3. The molecule has 280 valence electrons. The number of nitro benzene ring substituents is 1. The summed E-state index contributed by atoms with van der Waals surface area (Å²) in [6, 6.07) is 7.54. The molecule has 2 fully saturated rings. The number of rotatable bonds is 5. The number of methoxy groups -OCH3 is 2. The molecule has 0 radical (unpaired) electrons. The molecule has 3 heterocycles. The first-order valence-corrected chi connectivity index (χ1v) is 17.0. The highest BCUT2D eigenvalue weighted by atomic mass is 35.5. The third kappa shape index (κ3) is 8.02. The summed E-state index contributed by atoms with van der Waals surface area (Å²) in [7, 11) is 4.42. The van der Waals surface area contributed by atoms with E-state index in [0.29, 0.717) is 23.4 Å². The van der Waals surface area contributed by atoms with Crippen LogP contribution in [-0.2, 0) is 30.2 Å². The molecule has 2 aromatic carbocycles. The van der Waals surface area contributed by atoms with Crippen LogP contribution in [0.4, 0.5) is 26.7 Å². The second-order valence-electron chi connectivity index (χ2n) is 13.6. The van der Waals surface area contributed by atoms with Crippen molar-refractivity contribution in [1.82, 2.24) is 5.32 Å². The molecule has 3 aliphatic heterocycles. The molecule has 7 atom stereocenters. The first-order chi connectivity index (χ1) is 24.5. The lowest BCUT2D eigenvalue weighted by Crippen LogP contribution is -2.63. The van der Waals surface area contributed by atoms with E-state index < -0.39 is 64.7 Å². The zero-order valence-corrected chi connectivity index (χ0v) is 30.7. The summed E-state index contributed by atoms with van der Waals surface area (Å²) in [5.74, 6) is -0.699. The number of hydrogen-bond acceptors (Lipinski definition) is 11. The number of epoxide rings is 1. The van der Waals surface area contributed by atoms with Crippen molar-refractivity contribution in [3.63, 3.8) is 0 Å². The normalized spacial score (nSPS) is 30.8. The number of ether oxygens (including phenoxy) is 5. The van der Waals surface area contributed by atoms with Gasteiger partial charge in [0.2, 0.25) is 5.91 Å². The highest BCUT2D eigenvalue weighted by Crippen LogP contribution is 2.49. The highest BCUT2D eigenvalue weighted by molar-refractivity contribution is 6.35. The molecule has 2 aromatic rings. The number of alkyl carbamates (subject to hydrolysis) is 1. The van der Waals surface area contributed by atoms with Gasteiger partial charge < -0.3 is 33.7 Å². The van der Waals surface area contributed by atoms with Crippen LogP contribution >= 0.6 is 11.6 Å². The molecule has 0 unspecified atom stereocenters. The number of nitrogens with one attached hydrogen (secondary N) is 2. The molecule has 5 rings (SSSR count). The molecular weight excluding hydrogens is 700 g/mol. The van der Waals surface area contributed by atoms with Crippen molar-refractivity contribution >= 4 is 46.8 Å². The first-order valence-electron chi connectivity index (χ1n) is 16.6. The first kappa shape index (κ1) is 38.5. The van der Waals surface area contributed by atoms with Crippen molar-refractivity contribution in [3.8, 4) is 5.75 Å². The lowest BCUT2D eigenvalue weighted by atomic mass is 9.83. The summed E-state index contributed by atoms with van der Waals surface area (Å²) in [5, 5.41) is 28.3. The molecule has 16 heteroatoms. The Balaban J connectivity index is 1.54. The maximum absolute atomic E-state index is 14.1. The second kappa shape index (κ2) is 15.1. The fourth-order valence-electron chi connectivity index (χ4n) is 6.73. The Kier molecular flexibility index (Phi) is 11.2. The maximum Gasteiger partial charge on any atom is 0.412 e. The van der Waals surface area contributed by atoms with E-state index in [-0.39, 0.29) is 29.2 Å². The minimum atomic E-state index is -1.85. The van der Waals surface area contributed by atoms with Crippen LogP contribution in [0.1, 0.15) is 44.7 Å². The summed E-state index contributed by atoms with van der Waals surface area (Å²) in [6.45, 7) is 7.00. The van der Waals surface area contributed by atoms with Gasteiger partial charge in [-0.3, -0.25) is 25.5 Å². The smallest absolute Gasteiger partial charge is 0.412 e. The van der Waals surface area contributed by atoms with Gasteiger partial charge in [-0.25, -0.2) is 9.59 Å². The Morgan fingerprint density at radius 2 is 1.94 bits per heavy atom. The predicted molar refractivity (Wildman–Crippen MR) is 191 cm³/mol. The van der Waals surface area contributed by atoms with Gasteiger partial charge in [-0.1, -0.05) is 48.4 Å². The van der Waals surface area contributed by atoms with Crippen molar-refractivity contribution in [2.24, 2.45) is 5.92 Å². The number of allylic oxidation sites excluding steroid dienone is 3. The Bertz CT molecular complexity index is 1820. The van der Waals surface area contributed by atoms with E-state index in [2.05, 4.69) is 10.6 Å². The topological polar surface area (TPSA) is 191 Å². The average Bonchev–Trinajstić information content (AvgIpc) is 3.78. The van der Waals surface area contributed by atoms with Gasteiger partial charge in [0.1, 0.15) is 34.7 Å². The van der Waals surface area contributed by atoms with Gasteiger partial charge in [0.05, 0.1) is 35.9 Å². The summed E-state index contributed by atoms with van der Waals surface area (Å²) in [5.41, 5.74) is -0.621.